The molecule has 2 N–H and O–H groups in total. The second kappa shape index (κ2) is 5.93. The van der Waals surface area contributed by atoms with Gasteiger partial charge in [0.1, 0.15) is 6.04 Å². The molecule has 2 rings (SSSR count). The van der Waals surface area contributed by atoms with E-state index in [9.17, 15) is 14.7 Å². The van der Waals surface area contributed by atoms with Crippen molar-refractivity contribution >= 4 is 11.9 Å². The van der Waals surface area contributed by atoms with E-state index in [0.29, 0.717) is 11.8 Å². The van der Waals surface area contributed by atoms with Crippen LogP contribution in [-0.4, -0.2) is 23.0 Å². The highest BCUT2D eigenvalue weighted by Gasteiger charge is 2.41. The fourth-order valence-electron chi connectivity index (χ4n) is 3.17. The second-order valence-corrected chi connectivity index (χ2v) is 6.48. The zero-order valence-electron chi connectivity index (χ0n) is 11.9. The fraction of sp³-hybridized carbons (Fsp3) is 0.867. The lowest BCUT2D eigenvalue weighted by atomic mass is 9.64. The van der Waals surface area contributed by atoms with E-state index >= 15 is 0 Å². The summed E-state index contributed by atoms with van der Waals surface area (Å²) >= 11 is 0. The second-order valence-electron chi connectivity index (χ2n) is 6.48. The average Bonchev–Trinajstić information content (AvgIpc) is 2.18. The molecule has 1 amide bonds. The van der Waals surface area contributed by atoms with Crippen molar-refractivity contribution in [3.8, 4) is 0 Å². The Morgan fingerprint density at radius 2 is 1.53 bits per heavy atom. The SMILES string of the molecule is CC(C)[C@@H](NC(=O)C(C1CCC1)C1CCC1)C(=O)O. The Balaban J connectivity index is 1.99. The van der Waals surface area contributed by atoms with Crippen molar-refractivity contribution in [2.24, 2.45) is 23.7 Å². The first-order valence-electron chi connectivity index (χ1n) is 7.54. The van der Waals surface area contributed by atoms with E-state index in [-0.39, 0.29) is 17.7 Å². The normalized spacial score (nSPS) is 21.9. The average molecular weight is 267 g/mol. The molecule has 0 radical (unpaired) electrons. The van der Waals surface area contributed by atoms with Crippen LogP contribution in [0.25, 0.3) is 0 Å². The summed E-state index contributed by atoms with van der Waals surface area (Å²) in [6.45, 7) is 3.67. The molecule has 0 saturated heterocycles. The van der Waals surface area contributed by atoms with Gasteiger partial charge in [-0.05, 0) is 43.4 Å². The van der Waals surface area contributed by atoms with Crippen LogP contribution in [0.1, 0.15) is 52.4 Å². The first-order valence-corrected chi connectivity index (χ1v) is 7.54. The number of rotatable bonds is 6. The van der Waals surface area contributed by atoms with Crippen LogP contribution in [0, 0.1) is 23.7 Å². The summed E-state index contributed by atoms with van der Waals surface area (Å²) in [6.07, 6.45) is 6.96. The van der Waals surface area contributed by atoms with Gasteiger partial charge >= 0.3 is 5.97 Å². The molecule has 0 aromatic carbocycles. The number of carboxylic acids is 1. The van der Waals surface area contributed by atoms with Crippen LogP contribution in [0.5, 0.6) is 0 Å². The van der Waals surface area contributed by atoms with Crippen molar-refractivity contribution < 1.29 is 14.7 Å². The maximum atomic E-state index is 12.5. The van der Waals surface area contributed by atoms with Gasteiger partial charge in [0.2, 0.25) is 5.91 Å². The number of carbonyl (C=O) groups is 2. The molecule has 108 valence electrons. The van der Waals surface area contributed by atoms with Crippen LogP contribution < -0.4 is 5.32 Å². The first-order chi connectivity index (χ1) is 9.00. The number of nitrogens with one attached hydrogen (secondary N) is 1. The van der Waals surface area contributed by atoms with Gasteiger partial charge in [0.05, 0.1) is 0 Å². The van der Waals surface area contributed by atoms with Gasteiger partial charge in [0, 0.05) is 5.92 Å². The Hall–Kier alpha value is -1.06. The van der Waals surface area contributed by atoms with Gasteiger partial charge < -0.3 is 10.4 Å². The predicted octanol–water partition coefficient (Wildman–Crippen LogP) is 2.43. The third-order valence-corrected chi connectivity index (χ3v) is 4.85. The van der Waals surface area contributed by atoms with Crippen molar-refractivity contribution in [1.29, 1.82) is 0 Å². The number of aliphatic carboxylic acids is 1. The maximum absolute atomic E-state index is 12.5. The Bertz CT molecular complexity index is 331. The Morgan fingerprint density at radius 1 is 1.05 bits per heavy atom. The van der Waals surface area contributed by atoms with E-state index in [1.54, 1.807) is 0 Å². The Labute approximate surface area is 115 Å². The summed E-state index contributed by atoms with van der Waals surface area (Å²) in [5.41, 5.74) is 0. The number of hydrogen-bond donors (Lipinski definition) is 2. The zero-order chi connectivity index (χ0) is 14.0. The van der Waals surface area contributed by atoms with Crippen LogP contribution in [0.2, 0.25) is 0 Å². The number of amides is 1. The first kappa shape index (κ1) is 14.4. The molecule has 0 heterocycles. The van der Waals surface area contributed by atoms with Gasteiger partial charge in [-0.2, -0.15) is 0 Å². The van der Waals surface area contributed by atoms with Gasteiger partial charge in [-0.3, -0.25) is 4.79 Å². The smallest absolute Gasteiger partial charge is 0.326 e. The molecular weight excluding hydrogens is 242 g/mol. The van der Waals surface area contributed by atoms with Crippen molar-refractivity contribution in [2.45, 2.75) is 58.4 Å². The van der Waals surface area contributed by atoms with Gasteiger partial charge in [0.15, 0.2) is 0 Å². The Morgan fingerprint density at radius 3 is 1.79 bits per heavy atom. The third-order valence-electron chi connectivity index (χ3n) is 4.85. The van der Waals surface area contributed by atoms with E-state index in [0.717, 1.165) is 25.7 Å². The highest BCUT2D eigenvalue weighted by molar-refractivity contribution is 5.85. The topological polar surface area (TPSA) is 66.4 Å². The highest BCUT2D eigenvalue weighted by atomic mass is 16.4. The van der Waals surface area contributed by atoms with Crippen molar-refractivity contribution in [3.05, 3.63) is 0 Å². The monoisotopic (exact) mass is 267 g/mol. The summed E-state index contributed by atoms with van der Waals surface area (Å²) in [5, 5.41) is 12.0. The molecule has 19 heavy (non-hydrogen) atoms. The summed E-state index contributed by atoms with van der Waals surface area (Å²) in [4.78, 5) is 23.6. The van der Waals surface area contributed by atoms with Crippen molar-refractivity contribution in [2.75, 3.05) is 0 Å². The van der Waals surface area contributed by atoms with Gasteiger partial charge in [-0.25, -0.2) is 4.79 Å². The van der Waals surface area contributed by atoms with Crippen LogP contribution in [0.15, 0.2) is 0 Å². The summed E-state index contributed by atoms with van der Waals surface area (Å²) in [5.74, 6) is 0.0200. The lowest BCUT2D eigenvalue weighted by Gasteiger charge is -2.42. The van der Waals surface area contributed by atoms with E-state index in [2.05, 4.69) is 5.32 Å². The molecule has 4 heteroatoms. The fourth-order valence-corrected chi connectivity index (χ4v) is 3.17. The number of carboxylic acid groups (broad SMARTS) is 1. The minimum absolute atomic E-state index is 0.0181. The van der Waals surface area contributed by atoms with Crippen LogP contribution in [0.4, 0.5) is 0 Å². The van der Waals surface area contributed by atoms with E-state index < -0.39 is 12.0 Å². The molecular formula is C15H25NO3. The Kier molecular flexibility index (Phi) is 4.48. The third kappa shape index (κ3) is 3.10. The lowest BCUT2D eigenvalue weighted by Crippen LogP contribution is -2.51. The summed E-state index contributed by atoms with van der Waals surface area (Å²) in [6, 6.07) is -0.754. The molecule has 0 aromatic rings. The van der Waals surface area contributed by atoms with Gasteiger partial charge in [-0.15, -0.1) is 0 Å². The summed E-state index contributed by atoms with van der Waals surface area (Å²) < 4.78 is 0. The minimum Gasteiger partial charge on any atom is -0.480 e. The number of hydrogen-bond acceptors (Lipinski definition) is 2. The molecule has 4 nitrogen and oxygen atoms in total. The van der Waals surface area contributed by atoms with Gasteiger partial charge in [-0.1, -0.05) is 26.7 Å². The van der Waals surface area contributed by atoms with Crippen LogP contribution in [0.3, 0.4) is 0 Å². The van der Waals surface area contributed by atoms with E-state index in [4.69, 9.17) is 0 Å². The molecule has 0 aromatic heterocycles. The quantitative estimate of drug-likeness (QED) is 0.776. The molecule has 0 spiro atoms. The molecule has 2 aliphatic rings. The largest absolute Gasteiger partial charge is 0.480 e. The molecule has 1 atom stereocenters. The van der Waals surface area contributed by atoms with Crippen LogP contribution >= 0.6 is 0 Å². The van der Waals surface area contributed by atoms with Crippen LogP contribution in [-0.2, 0) is 9.59 Å². The molecule has 0 unspecified atom stereocenters. The van der Waals surface area contributed by atoms with E-state index in [1.165, 1.54) is 12.8 Å². The van der Waals surface area contributed by atoms with E-state index in [1.807, 2.05) is 13.8 Å². The lowest BCUT2D eigenvalue weighted by molar-refractivity contribution is -0.145. The van der Waals surface area contributed by atoms with Crippen molar-refractivity contribution in [3.63, 3.8) is 0 Å². The predicted molar refractivity (Wildman–Crippen MR) is 72.6 cm³/mol. The highest BCUT2D eigenvalue weighted by Crippen LogP contribution is 2.44. The molecule has 0 bridgehead atoms. The molecule has 2 aliphatic carbocycles. The number of carbonyl (C=O) groups excluding carboxylic acids is 1. The minimum atomic E-state index is -0.927. The zero-order valence-corrected chi connectivity index (χ0v) is 11.9. The maximum Gasteiger partial charge on any atom is 0.326 e. The standard InChI is InChI=1S/C15H25NO3/c1-9(2)13(15(18)19)16-14(17)12(10-5-3-6-10)11-7-4-8-11/h9-13H,3-8H2,1-2H3,(H,16,17)(H,18,19)/t13-/m1/s1. The van der Waals surface area contributed by atoms with Crippen molar-refractivity contribution in [1.82, 2.24) is 5.32 Å². The van der Waals surface area contributed by atoms with Gasteiger partial charge in [0.25, 0.3) is 0 Å². The molecule has 0 aliphatic heterocycles. The molecule has 2 fully saturated rings. The summed E-state index contributed by atoms with van der Waals surface area (Å²) in [7, 11) is 0. The molecule has 2 saturated carbocycles.